The van der Waals surface area contributed by atoms with Crippen molar-refractivity contribution in [3.63, 3.8) is 0 Å². The average molecular weight is 687 g/mol. The zero-order valence-corrected chi connectivity index (χ0v) is 27.9. The van der Waals surface area contributed by atoms with Crippen LogP contribution in [0.4, 0.5) is 10.2 Å². The zero-order valence-electron chi connectivity index (χ0n) is 27.1. The number of pyridine rings is 2. The summed E-state index contributed by atoms with van der Waals surface area (Å²) in [7, 11) is 1.70. The number of rotatable bonds is 8. The number of halogens is 1. The van der Waals surface area contributed by atoms with Gasteiger partial charge in [0.25, 0.3) is 11.8 Å². The summed E-state index contributed by atoms with van der Waals surface area (Å²) in [4.78, 5) is 39.7. The molecule has 1 amide bonds. The molecule has 0 bridgehead atoms. The second-order valence-electron chi connectivity index (χ2n) is 13.6. The van der Waals surface area contributed by atoms with E-state index in [4.69, 9.17) is 19.1 Å². The van der Waals surface area contributed by atoms with Crippen molar-refractivity contribution in [1.82, 2.24) is 25.1 Å². The maximum Gasteiger partial charge on any atom is 0.434 e. The Labute approximate surface area is 289 Å². The number of benzene rings is 2. The molecule has 1 spiro atoms. The average Bonchev–Trinajstić information content (AvgIpc) is 3.68. The largest absolute Gasteiger partial charge is 0.496 e. The number of aryl methyl sites for hydroxylation is 2. The minimum Gasteiger partial charge on any atom is -0.496 e. The monoisotopic (exact) mass is 686 g/mol. The molecule has 10 nitrogen and oxygen atoms in total. The van der Waals surface area contributed by atoms with Gasteiger partial charge in [-0.15, -0.1) is 16.4 Å². The number of carbonyl (C=O) groups is 1. The molecule has 250 valence electrons. The summed E-state index contributed by atoms with van der Waals surface area (Å²) in [6.45, 7) is 0.690. The Morgan fingerprint density at radius 1 is 1.10 bits per heavy atom. The van der Waals surface area contributed by atoms with Crippen molar-refractivity contribution in [1.29, 1.82) is 0 Å². The third kappa shape index (κ3) is 4.27. The Morgan fingerprint density at radius 2 is 1.98 bits per heavy atom. The smallest absolute Gasteiger partial charge is 0.434 e. The molecule has 6 aromatic rings. The van der Waals surface area contributed by atoms with E-state index in [0.717, 1.165) is 63.5 Å². The lowest BCUT2D eigenvalue weighted by atomic mass is 9.92. The van der Waals surface area contributed by atoms with Crippen molar-refractivity contribution in [2.24, 2.45) is 5.92 Å². The number of amides is 1. The minimum atomic E-state index is -0.691. The Kier molecular flexibility index (Phi) is 6.39. The van der Waals surface area contributed by atoms with E-state index in [1.54, 1.807) is 36.8 Å². The van der Waals surface area contributed by atoms with Crippen LogP contribution >= 0.6 is 11.3 Å². The predicted molar refractivity (Wildman–Crippen MR) is 186 cm³/mol. The lowest BCUT2D eigenvalue weighted by molar-refractivity contribution is 0.0738. The molecule has 2 N–H and O–H groups in total. The first-order chi connectivity index (χ1) is 24.4. The maximum atomic E-state index is 14.4. The summed E-state index contributed by atoms with van der Waals surface area (Å²) in [5, 5.41) is 11.4. The molecule has 1 saturated heterocycles. The van der Waals surface area contributed by atoms with Crippen molar-refractivity contribution in [3.05, 3.63) is 111 Å². The van der Waals surface area contributed by atoms with Crippen LogP contribution in [-0.4, -0.2) is 44.6 Å². The lowest BCUT2D eigenvalue weighted by Gasteiger charge is -2.19. The Balaban J connectivity index is 1.15. The molecule has 2 aliphatic carbocycles. The van der Waals surface area contributed by atoms with Gasteiger partial charge in [-0.2, -0.15) is 0 Å². The van der Waals surface area contributed by atoms with Gasteiger partial charge in [0.1, 0.15) is 17.4 Å². The van der Waals surface area contributed by atoms with Crippen LogP contribution in [0.25, 0.3) is 32.0 Å². The van der Waals surface area contributed by atoms with Gasteiger partial charge in [0, 0.05) is 23.2 Å². The number of methoxy groups -OCH3 is 1. The van der Waals surface area contributed by atoms with Crippen molar-refractivity contribution in [2.45, 2.75) is 50.1 Å². The number of fused-ring (bicyclic) bond motifs is 3. The van der Waals surface area contributed by atoms with Crippen LogP contribution in [0.15, 0.2) is 70.0 Å². The Morgan fingerprint density at radius 3 is 2.78 bits per heavy atom. The highest BCUT2D eigenvalue weighted by Crippen LogP contribution is 2.67. The summed E-state index contributed by atoms with van der Waals surface area (Å²) < 4.78 is 26.0. The van der Waals surface area contributed by atoms with Gasteiger partial charge in [0.05, 0.1) is 45.9 Å². The van der Waals surface area contributed by atoms with Gasteiger partial charge in [-0.1, -0.05) is 24.3 Å². The van der Waals surface area contributed by atoms with Crippen LogP contribution in [-0.2, 0) is 24.8 Å². The molecule has 2 aliphatic heterocycles. The molecule has 2 aromatic carbocycles. The highest BCUT2D eigenvalue weighted by Gasteiger charge is 2.70. The second kappa shape index (κ2) is 10.8. The Bertz CT molecular complexity index is 2440. The van der Waals surface area contributed by atoms with Gasteiger partial charge in [-0.25, -0.2) is 19.3 Å². The fraction of sp³-hybridized carbons (Fsp3) is 0.289. The molecule has 0 radical (unpaired) electrons. The molecule has 50 heavy (non-hydrogen) atoms. The van der Waals surface area contributed by atoms with E-state index in [9.17, 15) is 14.0 Å². The third-order valence-corrected chi connectivity index (χ3v) is 12.2. The number of hydrogen-bond donors (Lipinski definition) is 2. The SMILES string of the molecule is COc1cccc2c1CC[C@@H]2Nc1nccc2cc(-c3c4c(nc(CCc5ccc(F)cc5)c3-c3n[nH]c(=O)o3)[C@@]35C[C@@H]3CCN5C4=O)sc12. The summed E-state index contributed by atoms with van der Waals surface area (Å²) in [5.41, 5.74) is 6.24. The summed E-state index contributed by atoms with van der Waals surface area (Å²) in [5.74, 6) is 1.10. The number of ether oxygens (including phenoxy) is 1. The highest BCUT2D eigenvalue weighted by molar-refractivity contribution is 7.23. The number of thiophene rings is 1. The molecule has 3 atom stereocenters. The first kappa shape index (κ1) is 29.5. The van der Waals surface area contributed by atoms with Gasteiger partial charge >= 0.3 is 5.76 Å². The molecule has 10 rings (SSSR count). The summed E-state index contributed by atoms with van der Waals surface area (Å²) in [6.07, 6.45) is 6.52. The summed E-state index contributed by atoms with van der Waals surface area (Å²) in [6, 6.07) is 16.7. The van der Waals surface area contributed by atoms with Gasteiger partial charge in [0.15, 0.2) is 0 Å². The number of H-pyrrole nitrogens is 1. The number of aromatic amines is 1. The van der Waals surface area contributed by atoms with Gasteiger partial charge in [0.2, 0.25) is 0 Å². The number of hydrogen-bond acceptors (Lipinski definition) is 9. The first-order valence-corrected chi connectivity index (χ1v) is 17.8. The van der Waals surface area contributed by atoms with E-state index >= 15 is 0 Å². The predicted octanol–water partition coefficient (Wildman–Crippen LogP) is 6.81. The normalized spacial score (nSPS) is 21.3. The van der Waals surface area contributed by atoms with Crippen molar-refractivity contribution >= 4 is 33.1 Å². The van der Waals surface area contributed by atoms with Crippen LogP contribution in [0.5, 0.6) is 5.75 Å². The van der Waals surface area contributed by atoms with Crippen molar-refractivity contribution in [2.75, 3.05) is 19.0 Å². The summed E-state index contributed by atoms with van der Waals surface area (Å²) >= 11 is 1.55. The van der Waals surface area contributed by atoms with Gasteiger partial charge in [-0.3, -0.25) is 9.78 Å². The van der Waals surface area contributed by atoms with Crippen LogP contribution < -0.4 is 15.8 Å². The van der Waals surface area contributed by atoms with E-state index in [2.05, 4.69) is 27.6 Å². The fourth-order valence-corrected chi connectivity index (χ4v) is 9.86. The topological polar surface area (TPSA) is 126 Å². The van der Waals surface area contributed by atoms with E-state index in [0.29, 0.717) is 47.7 Å². The number of aromatic nitrogens is 4. The van der Waals surface area contributed by atoms with Crippen LogP contribution in [0, 0.1) is 11.7 Å². The second-order valence-corrected chi connectivity index (χ2v) is 14.7. The third-order valence-electron chi connectivity index (χ3n) is 11.1. The molecule has 12 heteroatoms. The minimum absolute atomic E-state index is 0.0443. The van der Waals surface area contributed by atoms with Gasteiger partial charge in [-0.05, 0) is 96.9 Å². The first-order valence-electron chi connectivity index (χ1n) is 16.9. The van der Waals surface area contributed by atoms with E-state index < -0.39 is 11.3 Å². The van der Waals surface area contributed by atoms with Crippen LogP contribution in [0.2, 0.25) is 0 Å². The number of nitrogens with zero attached hydrogens (tertiary/aromatic N) is 4. The highest BCUT2D eigenvalue weighted by atomic mass is 32.1. The molecule has 1 saturated carbocycles. The maximum absolute atomic E-state index is 14.4. The number of nitrogens with one attached hydrogen (secondary N) is 2. The number of piperidine rings is 1. The van der Waals surface area contributed by atoms with E-state index in [1.807, 2.05) is 23.1 Å². The standard InChI is InChI=1S/C38H31FN6O4S/c1-48-27-4-2-3-23-24(27)10-12-25(23)42-34-32-20(13-15-40-34)17-28(50-32)30-29(35-43-44-37(47)49-35)26(11-7-19-5-8-22(39)9-6-19)41-33-31(30)36(46)45-16-14-21-18-38(21,33)45/h2-6,8-9,13,15,17,21,25H,7,10-12,14,16,18H2,1H3,(H,40,42)(H,44,47)/t21-,25-,38+/m0/s1. The van der Waals surface area contributed by atoms with Crippen LogP contribution in [0.3, 0.4) is 0 Å². The van der Waals surface area contributed by atoms with Crippen molar-refractivity contribution in [3.8, 4) is 27.6 Å². The molecular formula is C38H31FN6O4S. The van der Waals surface area contributed by atoms with Crippen LogP contribution in [0.1, 0.15) is 63.7 Å². The molecule has 4 aliphatic rings. The lowest BCUT2D eigenvalue weighted by Crippen LogP contribution is -2.30. The fourth-order valence-electron chi connectivity index (χ4n) is 8.69. The van der Waals surface area contributed by atoms with E-state index in [1.165, 1.54) is 23.3 Å². The van der Waals surface area contributed by atoms with E-state index in [-0.39, 0.29) is 23.7 Å². The van der Waals surface area contributed by atoms with Gasteiger partial charge < -0.3 is 19.4 Å². The molecular weight excluding hydrogens is 656 g/mol. The quantitative estimate of drug-likeness (QED) is 0.179. The molecule has 6 heterocycles. The van der Waals surface area contributed by atoms with Crippen molar-refractivity contribution < 1.29 is 18.3 Å². The molecule has 4 aromatic heterocycles. The zero-order chi connectivity index (χ0) is 33.7. The number of anilines is 1. The molecule has 0 unspecified atom stereocenters. The Hall–Kier alpha value is -5.36. The number of carbonyl (C=O) groups excluding carboxylic acids is 1. The molecule has 2 fully saturated rings.